The molecule has 0 radical (unpaired) electrons. The molecule has 13 nitrogen and oxygen atoms in total. The Bertz CT molecular complexity index is 1150. The van der Waals surface area contributed by atoms with Crippen LogP contribution >= 0.6 is 21.6 Å². The summed E-state index contributed by atoms with van der Waals surface area (Å²) in [6, 6.07) is -0.0752. The molecule has 15 heteroatoms. The molecular weight excluding hydrogens is 647 g/mol. The lowest BCUT2D eigenvalue weighted by molar-refractivity contribution is -0.197. The molecule has 4 N–H and O–H groups in total. The molecule has 0 aromatic carbocycles. The maximum Gasteiger partial charge on any atom is 0.333 e. The van der Waals surface area contributed by atoms with Gasteiger partial charge in [-0.05, 0) is 46.5 Å². The molecule has 0 aromatic rings. The van der Waals surface area contributed by atoms with Gasteiger partial charge in [0.05, 0.1) is 0 Å². The highest BCUT2D eigenvalue weighted by Gasteiger charge is 2.45. The van der Waals surface area contributed by atoms with Crippen LogP contribution in [0.1, 0.15) is 93.4 Å². The predicted molar refractivity (Wildman–Crippen MR) is 183 cm³/mol. The topological polar surface area (TPSA) is 180 Å². The number of carbonyl (C=O) groups is 7. The molecule has 3 unspecified atom stereocenters. The minimum absolute atomic E-state index is 0.000437. The summed E-state index contributed by atoms with van der Waals surface area (Å²) in [7, 11) is 3.17. The van der Waals surface area contributed by atoms with E-state index in [1.807, 2.05) is 27.7 Å². The molecule has 0 aliphatic carbocycles. The lowest BCUT2D eigenvalue weighted by Crippen LogP contribution is -2.49. The molecule has 266 valence electrons. The Hall–Kier alpha value is -3.07. The number of nitrogens with zero attached hydrogens (tertiary/aromatic N) is 1. The van der Waals surface area contributed by atoms with Crippen LogP contribution in [-0.4, -0.2) is 83.7 Å². The van der Waals surface area contributed by atoms with Crippen molar-refractivity contribution < 1.29 is 38.4 Å². The van der Waals surface area contributed by atoms with E-state index in [-0.39, 0.29) is 74.7 Å². The summed E-state index contributed by atoms with van der Waals surface area (Å²) >= 11 is 0. The third-order valence-electron chi connectivity index (χ3n) is 7.75. The molecule has 1 saturated heterocycles. The summed E-state index contributed by atoms with van der Waals surface area (Å²) in [6.07, 6.45) is 0.893. The van der Waals surface area contributed by atoms with Gasteiger partial charge in [-0.1, -0.05) is 55.9 Å². The molecular formula is C32H53N5O8S2. The summed E-state index contributed by atoms with van der Waals surface area (Å²) in [5.41, 5.74) is -1.56. The number of rotatable bonds is 22. The standard InChI is InChI=1S/C32H53N5O8S2/c1-9-31(7,29(43)35-16-18-47-46-17-15-33-27(41)21(2)3)20-32(8,19-23(6)28(42)36-22(4)5)30(44)34-14-10-11-26(40)45-37-24(38)12-13-25(37)39/h22-23H,2,9-20H2,1,3-8H3,(H,33,41)(H,34,44)(H,35,43)(H,36,42). The van der Waals surface area contributed by atoms with Crippen molar-refractivity contribution in [1.82, 2.24) is 26.3 Å². The first-order valence-corrected chi connectivity index (χ1v) is 18.6. The molecule has 1 rings (SSSR count). The molecule has 0 aromatic heterocycles. The molecule has 0 spiro atoms. The SMILES string of the molecule is C=C(C)C(=O)NCCSSCCNC(=O)C(C)(CC)CC(C)(CC(C)C(=O)NC(C)C)C(=O)NCCCC(=O)ON1C(=O)CCC1=O. The van der Waals surface area contributed by atoms with Crippen LogP contribution in [-0.2, 0) is 38.4 Å². The molecule has 6 amide bonds. The van der Waals surface area contributed by atoms with E-state index in [0.717, 1.165) is 0 Å². The van der Waals surface area contributed by atoms with Crippen LogP contribution in [0.25, 0.3) is 0 Å². The molecule has 47 heavy (non-hydrogen) atoms. The largest absolute Gasteiger partial charge is 0.356 e. The monoisotopic (exact) mass is 699 g/mol. The van der Waals surface area contributed by atoms with Gasteiger partial charge in [-0.2, -0.15) is 0 Å². The van der Waals surface area contributed by atoms with Crippen LogP contribution in [0.2, 0.25) is 0 Å². The van der Waals surface area contributed by atoms with Gasteiger partial charge in [-0.25, -0.2) is 4.79 Å². The Morgan fingerprint density at radius 1 is 0.894 bits per heavy atom. The van der Waals surface area contributed by atoms with Crippen LogP contribution in [0.15, 0.2) is 12.2 Å². The van der Waals surface area contributed by atoms with Gasteiger partial charge in [0.25, 0.3) is 11.8 Å². The lowest BCUT2D eigenvalue weighted by Gasteiger charge is -2.38. The number of hydroxylamine groups is 2. The van der Waals surface area contributed by atoms with Gasteiger partial charge >= 0.3 is 5.97 Å². The Kier molecular flexibility index (Phi) is 18.1. The molecule has 0 bridgehead atoms. The summed E-state index contributed by atoms with van der Waals surface area (Å²) in [5, 5.41) is 12.0. The molecule has 1 aliphatic heterocycles. The highest BCUT2D eigenvalue weighted by Crippen LogP contribution is 2.41. The van der Waals surface area contributed by atoms with Crippen molar-refractivity contribution >= 4 is 63.0 Å². The molecule has 1 aliphatic rings. The third kappa shape index (κ3) is 14.7. The first-order valence-electron chi connectivity index (χ1n) is 16.1. The second-order valence-electron chi connectivity index (χ2n) is 12.8. The van der Waals surface area contributed by atoms with Gasteiger partial charge in [0.1, 0.15) is 0 Å². The molecule has 0 saturated carbocycles. The van der Waals surface area contributed by atoms with Gasteiger partial charge in [0.15, 0.2) is 0 Å². The fraction of sp³-hybridized carbons (Fsp3) is 0.719. The fourth-order valence-corrected chi connectivity index (χ4v) is 6.83. The van der Waals surface area contributed by atoms with Crippen LogP contribution in [0, 0.1) is 16.7 Å². The first-order chi connectivity index (χ1) is 22.0. The van der Waals surface area contributed by atoms with E-state index in [2.05, 4.69) is 27.8 Å². The van der Waals surface area contributed by atoms with Gasteiger partial charge in [-0.15, -0.1) is 5.06 Å². The normalized spacial score (nSPS) is 16.1. The average Bonchev–Trinajstić information content (AvgIpc) is 3.31. The Morgan fingerprint density at radius 2 is 1.43 bits per heavy atom. The van der Waals surface area contributed by atoms with E-state index in [1.165, 1.54) is 0 Å². The van der Waals surface area contributed by atoms with Gasteiger partial charge in [0.2, 0.25) is 23.6 Å². The minimum Gasteiger partial charge on any atom is -0.356 e. The van der Waals surface area contributed by atoms with E-state index in [1.54, 1.807) is 42.4 Å². The second kappa shape index (κ2) is 20.3. The summed E-state index contributed by atoms with van der Waals surface area (Å²) < 4.78 is 0. The average molecular weight is 700 g/mol. The van der Waals surface area contributed by atoms with Crippen molar-refractivity contribution in [2.45, 2.75) is 99.5 Å². The quantitative estimate of drug-likeness (QED) is 0.0568. The maximum absolute atomic E-state index is 13.7. The lowest BCUT2D eigenvalue weighted by atomic mass is 9.67. The number of nitrogens with one attached hydrogen (secondary N) is 4. The van der Waals surface area contributed by atoms with Crippen molar-refractivity contribution in [2.75, 3.05) is 31.1 Å². The van der Waals surface area contributed by atoms with Crippen molar-refractivity contribution in [3.8, 4) is 0 Å². The zero-order valence-electron chi connectivity index (χ0n) is 28.9. The summed E-state index contributed by atoms with van der Waals surface area (Å²) in [6.45, 7) is 17.2. The van der Waals surface area contributed by atoms with E-state index in [4.69, 9.17) is 4.84 Å². The van der Waals surface area contributed by atoms with Crippen LogP contribution in [0.3, 0.4) is 0 Å². The van der Waals surface area contributed by atoms with E-state index in [0.29, 0.717) is 41.7 Å². The number of carbonyl (C=O) groups excluding carboxylic acids is 7. The Labute approximate surface area is 286 Å². The van der Waals surface area contributed by atoms with Gasteiger partial charge < -0.3 is 26.1 Å². The Morgan fingerprint density at radius 3 is 1.96 bits per heavy atom. The number of imide groups is 1. The highest BCUT2D eigenvalue weighted by molar-refractivity contribution is 8.76. The van der Waals surface area contributed by atoms with Crippen molar-refractivity contribution in [2.24, 2.45) is 16.7 Å². The van der Waals surface area contributed by atoms with Crippen LogP contribution < -0.4 is 21.3 Å². The zero-order valence-corrected chi connectivity index (χ0v) is 30.5. The number of hydrogen-bond acceptors (Lipinski definition) is 10. The smallest absolute Gasteiger partial charge is 0.333 e. The van der Waals surface area contributed by atoms with Crippen molar-refractivity contribution in [3.05, 3.63) is 12.2 Å². The van der Waals surface area contributed by atoms with E-state index >= 15 is 0 Å². The van der Waals surface area contributed by atoms with E-state index in [9.17, 15) is 33.6 Å². The maximum atomic E-state index is 13.7. The molecule has 1 heterocycles. The second-order valence-corrected chi connectivity index (χ2v) is 15.5. The van der Waals surface area contributed by atoms with Crippen LogP contribution in [0.4, 0.5) is 0 Å². The number of hydrogen-bond donors (Lipinski definition) is 4. The van der Waals surface area contributed by atoms with Gasteiger partial charge in [-0.3, -0.25) is 28.8 Å². The number of amides is 6. The third-order valence-corrected chi connectivity index (χ3v) is 10.2. The zero-order chi connectivity index (χ0) is 35.8. The highest BCUT2D eigenvalue weighted by atomic mass is 33.1. The van der Waals surface area contributed by atoms with E-state index < -0.39 is 34.5 Å². The van der Waals surface area contributed by atoms with Crippen molar-refractivity contribution in [3.63, 3.8) is 0 Å². The fourth-order valence-electron chi connectivity index (χ4n) is 5.02. The molecule has 1 fully saturated rings. The predicted octanol–water partition coefficient (Wildman–Crippen LogP) is 3.04. The summed E-state index contributed by atoms with van der Waals surface area (Å²) in [4.78, 5) is 92.0. The van der Waals surface area contributed by atoms with Crippen LogP contribution in [0.5, 0.6) is 0 Å². The summed E-state index contributed by atoms with van der Waals surface area (Å²) in [5.74, 6) is -1.95. The molecule has 3 atom stereocenters. The van der Waals surface area contributed by atoms with Crippen molar-refractivity contribution in [1.29, 1.82) is 0 Å². The Balaban J connectivity index is 2.80. The van der Waals surface area contributed by atoms with Gasteiger partial charge in [0, 0.05) is 78.8 Å². The first kappa shape index (κ1) is 42.0. The minimum atomic E-state index is -1.11.